The minimum Gasteiger partial charge on any atom is -0.497 e. The van der Waals surface area contributed by atoms with E-state index in [1.165, 1.54) is 0 Å². The number of fused-ring (bicyclic) bond motifs is 2. The van der Waals surface area contributed by atoms with E-state index >= 15 is 0 Å². The molecular formula is C22H21N5O2. The van der Waals surface area contributed by atoms with Crippen LogP contribution in [0.2, 0.25) is 0 Å². The van der Waals surface area contributed by atoms with E-state index in [9.17, 15) is 4.79 Å². The lowest BCUT2D eigenvalue weighted by Gasteiger charge is -2.15. The van der Waals surface area contributed by atoms with Crippen LogP contribution in [0.15, 0.2) is 48.5 Å². The number of hydrogen-bond donors (Lipinski definition) is 2. The Morgan fingerprint density at radius 2 is 2.00 bits per heavy atom. The Morgan fingerprint density at radius 1 is 1.14 bits per heavy atom. The van der Waals surface area contributed by atoms with Crippen LogP contribution in [-0.4, -0.2) is 39.1 Å². The number of imidazole rings is 2. The van der Waals surface area contributed by atoms with Gasteiger partial charge in [0.2, 0.25) is 0 Å². The highest BCUT2D eigenvalue weighted by Gasteiger charge is 2.27. The number of para-hydroxylation sites is 2. The van der Waals surface area contributed by atoms with Crippen LogP contribution in [0.3, 0.4) is 0 Å². The van der Waals surface area contributed by atoms with Crippen LogP contribution in [0.25, 0.3) is 22.7 Å². The van der Waals surface area contributed by atoms with Crippen molar-refractivity contribution >= 4 is 16.9 Å². The lowest BCUT2D eigenvalue weighted by Crippen LogP contribution is -2.26. The number of amides is 1. The van der Waals surface area contributed by atoms with Crippen molar-refractivity contribution in [2.24, 2.45) is 7.05 Å². The molecule has 1 amide bonds. The molecule has 7 nitrogen and oxygen atoms in total. The van der Waals surface area contributed by atoms with Gasteiger partial charge in [-0.3, -0.25) is 4.79 Å². The Morgan fingerprint density at radius 3 is 2.83 bits per heavy atom. The Bertz CT molecular complexity index is 1220. The number of nitrogens with one attached hydrogen (secondary N) is 2. The number of aromatic amines is 1. The molecule has 29 heavy (non-hydrogen) atoms. The van der Waals surface area contributed by atoms with Crippen LogP contribution in [0.4, 0.5) is 0 Å². The molecule has 1 atom stereocenters. The average molecular weight is 387 g/mol. The topological polar surface area (TPSA) is 84.8 Å². The summed E-state index contributed by atoms with van der Waals surface area (Å²) in [6.07, 6.45) is 0.679. The largest absolute Gasteiger partial charge is 0.497 e. The highest BCUT2D eigenvalue weighted by atomic mass is 16.5. The normalized spacial score (nSPS) is 16.3. The van der Waals surface area contributed by atoms with Gasteiger partial charge < -0.3 is 19.6 Å². The van der Waals surface area contributed by atoms with Gasteiger partial charge in [-0.05, 0) is 36.2 Å². The summed E-state index contributed by atoms with van der Waals surface area (Å²) >= 11 is 0. The van der Waals surface area contributed by atoms with Gasteiger partial charge in [0, 0.05) is 25.2 Å². The zero-order valence-corrected chi connectivity index (χ0v) is 16.3. The molecule has 2 aromatic carbocycles. The molecule has 1 aliphatic heterocycles. The van der Waals surface area contributed by atoms with Crippen molar-refractivity contribution in [2.75, 3.05) is 13.7 Å². The number of rotatable bonds is 3. The van der Waals surface area contributed by atoms with Gasteiger partial charge in [-0.15, -0.1) is 0 Å². The summed E-state index contributed by atoms with van der Waals surface area (Å²) in [5.74, 6) is 2.10. The third kappa shape index (κ3) is 2.95. The van der Waals surface area contributed by atoms with Gasteiger partial charge >= 0.3 is 0 Å². The van der Waals surface area contributed by atoms with E-state index in [0.717, 1.165) is 28.0 Å². The molecule has 0 spiro atoms. The summed E-state index contributed by atoms with van der Waals surface area (Å²) in [4.78, 5) is 25.3. The second-order valence-corrected chi connectivity index (χ2v) is 7.28. The number of aromatic nitrogens is 4. The number of aryl methyl sites for hydroxylation is 1. The van der Waals surface area contributed by atoms with Gasteiger partial charge in [0.25, 0.3) is 5.91 Å². The van der Waals surface area contributed by atoms with Crippen molar-refractivity contribution < 1.29 is 9.53 Å². The second-order valence-electron chi connectivity index (χ2n) is 7.28. The van der Waals surface area contributed by atoms with E-state index in [-0.39, 0.29) is 11.8 Å². The molecule has 0 bridgehead atoms. The van der Waals surface area contributed by atoms with Crippen molar-refractivity contribution in [3.8, 4) is 17.4 Å². The molecule has 1 aliphatic rings. The van der Waals surface area contributed by atoms with Gasteiger partial charge in [-0.2, -0.15) is 0 Å². The fourth-order valence-electron chi connectivity index (χ4n) is 3.96. The van der Waals surface area contributed by atoms with Crippen molar-refractivity contribution in [1.29, 1.82) is 0 Å². The quantitative estimate of drug-likeness (QED) is 0.566. The van der Waals surface area contributed by atoms with Gasteiger partial charge in [0.05, 0.1) is 18.1 Å². The molecule has 2 aromatic heterocycles. The van der Waals surface area contributed by atoms with Crippen molar-refractivity contribution in [3.05, 3.63) is 65.5 Å². The zero-order chi connectivity index (χ0) is 20.0. The van der Waals surface area contributed by atoms with E-state index in [0.29, 0.717) is 30.3 Å². The molecule has 0 saturated carbocycles. The smallest absolute Gasteiger partial charge is 0.271 e. The van der Waals surface area contributed by atoms with Crippen molar-refractivity contribution in [1.82, 2.24) is 24.8 Å². The van der Waals surface area contributed by atoms with Gasteiger partial charge in [0.15, 0.2) is 11.6 Å². The first-order valence-corrected chi connectivity index (χ1v) is 9.57. The van der Waals surface area contributed by atoms with E-state index in [1.807, 2.05) is 54.1 Å². The van der Waals surface area contributed by atoms with Crippen LogP contribution in [-0.2, 0) is 13.5 Å². The number of carbonyl (C=O) groups is 1. The molecule has 4 aromatic rings. The fourth-order valence-corrected chi connectivity index (χ4v) is 3.96. The Balaban J connectivity index is 1.54. The predicted octanol–water partition coefficient (Wildman–Crippen LogP) is 3.04. The summed E-state index contributed by atoms with van der Waals surface area (Å²) in [6.45, 7) is 0.553. The minimum absolute atomic E-state index is 0.129. The van der Waals surface area contributed by atoms with Crippen LogP contribution in [0, 0.1) is 0 Å². The molecule has 7 heteroatoms. The maximum absolute atomic E-state index is 12.7. The maximum Gasteiger partial charge on any atom is 0.271 e. The van der Waals surface area contributed by atoms with Crippen LogP contribution in [0.1, 0.15) is 27.7 Å². The minimum atomic E-state index is -0.160. The first-order chi connectivity index (χ1) is 14.1. The zero-order valence-electron chi connectivity index (χ0n) is 16.3. The van der Waals surface area contributed by atoms with E-state index in [4.69, 9.17) is 9.72 Å². The molecule has 1 unspecified atom stereocenters. The molecule has 3 heterocycles. The number of benzene rings is 2. The fraction of sp³-hybridized carbons (Fsp3) is 0.227. The van der Waals surface area contributed by atoms with Gasteiger partial charge in [-0.1, -0.05) is 24.3 Å². The SMILES string of the molecule is COc1cccc(C2CNC(=O)c3nc(-c4nc5ccccc5n4C)[nH]c3C2)c1. The summed E-state index contributed by atoms with van der Waals surface area (Å²) in [6, 6.07) is 15.9. The van der Waals surface area contributed by atoms with Crippen molar-refractivity contribution in [3.63, 3.8) is 0 Å². The Labute approximate surface area is 167 Å². The van der Waals surface area contributed by atoms with Gasteiger partial charge in [-0.25, -0.2) is 9.97 Å². The average Bonchev–Trinajstić information content (AvgIpc) is 3.28. The lowest BCUT2D eigenvalue weighted by atomic mass is 9.94. The summed E-state index contributed by atoms with van der Waals surface area (Å²) in [7, 11) is 3.61. The molecule has 0 fully saturated rings. The van der Waals surface area contributed by atoms with E-state index in [1.54, 1.807) is 7.11 Å². The van der Waals surface area contributed by atoms with E-state index < -0.39 is 0 Å². The highest BCUT2D eigenvalue weighted by molar-refractivity contribution is 5.94. The molecule has 0 aliphatic carbocycles. The molecule has 2 N–H and O–H groups in total. The van der Waals surface area contributed by atoms with Crippen molar-refractivity contribution in [2.45, 2.75) is 12.3 Å². The molecule has 146 valence electrons. The third-order valence-corrected chi connectivity index (χ3v) is 5.52. The highest BCUT2D eigenvalue weighted by Crippen LogP contribution is 2.29. The predicted molar refractivity (Wildman–Crippen MR) is 110 cm³/mol. The second kappa shape index (κ2) is 6.77. The van der Waals surface area contributed by atoms with E-state index in [2.05, 4.69) is 21.4 Å². The number of carbonyl (C=O) groups excluding carboxylic acids is 1. The summed E-state index contributed by atoms with van der Waals surface area (Å²) in [5, 5.41) is 3.00. The monoisotopic (exact) mass is 387 g/mol. The van der Waals surface area contributed by atoms with Gasteiger partial charge in [0.1, 0.15) is 11.4 Å². The Kier molecular flexibility index (Phi) is 4.08. The third-order valence-electron chi connectivity index (χ3n) is 5.52. The molecular weight excluding hydrogens is 366 g/mol. The number of methoxy groups -OCH3 is 1. The number of nitrogens with zero attached hydrogens (tertiary/aromatic N) is 3. The first-order valence-electron chi connectivity index (χ1n) is 9.57. The number of ether oxygens (including phenoxy) is 1. The standard InChI is InChI=1S/C22H21N5O2/c1-27-18-9-4-3-8-16(18)25-21(27)20-24-17-11-14(12-23-22(28)19(17)26-20)13-6-5-7-15(10-13)29-2/h3-10,14H,11-12H2,1-2H3,(H,23,28)(H,24,26). The number of hydrogen-bond acceptors (Lipinski definition) is 4. The first kappa shape index (κ1) is 17.5. The maximum atomic E-state index is 12.7. The van der Waals surface area contributed by atoms with Crippen LogP contribution < -0.4 is 10.1 Å². The Hall–Kier alpha value is -3.61. The molecule has 0 saturated heterocycles. The molecule has 5 rings (SSSR count). The number of H-pyrrole nitrogens is 1. The lowest BCUT2D eigenvalue weighted by molar-refractivity contribution is 0.0950. The molecule has 0 radical (unpaired) electrons. The van der Waals surface area contributed by atoms with Crippen LogP contribution in [0.5, 0.6) is 5.75 Å². The van der Waals surface area contributed by atoms with Crippen LogP contribution >= 0.6 is 0 Å². The summed E-state index contributed by atoms with van der Waals surface area (Å²) in [5.41, 5.74) is 4.31. The summed E-state index contributed by atoms with van der Waals surface area (Å²) < 4.78 is 7.34.